The van der Waals surface area contributed by atoms with Crippen LogP contribution in [0.5, 0.6) is 0 Å². The third-order valence-electron chi connectivity index (χ3n) is 4.16. The maximum atomic E-state index is 11.3. The predicted octanol–water partition coefficient (Wildman–Crippen LogP) is 1.45. The number of ether oxygens (including phenoxy) is 1. The van der Waals surface area contributed by atoms with Crippen LogP contribution in [0.25, 0.3) is 0 Å². The molecule has 12 heavy (non-hydrogen) atoms. The first kappa shape index (κ1) is 6.93. The molecule has 0 amide bonds. The van der Waals surface area contributed by atoms with Crippen molar-refractivity contribution in [2.45, 2.75) is 19.3 Å². The highest BCUT2D eigenvalue weighted by Crippen LogP contribution is 2.68. The van der Waals surface area contributed by atoms with Gasteiger partial charge in [0.1, 0.15) is 0 Å². The van der Waals surface area contributed by atoms with Gasteiger partial charge in [0.15, 0.2) is 0 Å². The Morgan fingerprint density at radius 1 is 1.25 bits per heavy atom. The molecule has 4 rings (SSSR count). The zero-order valence-electron chi connectivity index (χ0n) is 7.32. The average Bonchev–Trinajstić information content (AvgIpc) is 2.68. The van der Waals surface area contributed by atoms with Crippen LogP contribution in [0.1, 0.15) is 19.3 Å². The summed E-state index contributed by atoms with van der Waals surface area (Å²) in [4.78, 5) is 11.3. The lowest BCUT2D eigenvalue weighted by molar-refractivity contribution is -0.148. The molecule has 4 fully saturated rings. The molecule has 66 valence electrons. The highest BCUT2D eigenvalue weighted by Gasteiger charge is 2.64. The summed E-state index contributed by atoms with van der Waals surface area (Å²) in [6, 6.07) is 0. The lowest BCUT2D eigenvalue weighted by Crippen LogP contribution is -2.28. The quantitative estimate of drug-likeness (QED) is 0.551. The van der Waals surface area contributed by atoms with Gasteiger partial charge < -0.3 is 4.74 Å². The topological polar surface area (TPSA) is 26.3 Å². The van der Waals surface area contributed by atoms with E-state index in [1.165, 1.54) is 20.0 Å². The minimum absolute atomic E-state index is 0.0527. The summed E-state index contributed by atoms with van der Waals surface area (Å²) in [6.45, 7) is 0. The molecule has 0 N–H and O–H groups in total. The van der Waals surface area contributed by atoms with Gasteiger partial charge in [-0.2, -0.15) is 0 Å². The molecule has 0 aliphatic heterocycles. The van der Waals surface area contributed by atoms with Crippen molar-refractivity contribution in [2.24, 2.45) is 29.6 Å². The van der Waals surface area contributed by atoms with Gasteiger partial charge in [-0.25, -0.2) is 0 Å². The number of hydrogen-bond acceptors (Lipinski definition) is 2. The van der Waals surface area contributed by atoms with E-state index < -0.39 is 0 Å². The third-order valence-corrected chi connectivity index (χ3v) is 4.16. The second kappa shape index (κ2) is 2.04. The average molecular weight is 166 g/mol. The van der Waals surface area contributed by atoms with Gasteiger partial charge >= 0.3 is 5.97 Å². The van der Waals surface area contributed by atoms with E-state index >= 15 is 0 Å². The van der Waals surface area contributed by atoms with Crippen molar-refractivity contribution < 1.29 is 9.53 Å². The molecular formula is C10H14O2. The van der Waals surface area contributed by atoms with Crippen LogP contribution < -0.4 is 0 Å². The summed E-state index contributed by atoms with van der Waals surface area (Å²) >= 11 is 0. The minimum atomic E-state index is 0.0527. The molecule has 0 spiro atoms. The first-order valence-corrected chi connectivity index (χ1v) is 4.89. The Morgan fingerprint density at radius 3 is 2.42 bits per heavy atom. The Labute approximate surface area is 72.3 Å². The molecule has 4 aliphatic rings. The number of methoxy groups -OCH3 is 1. The smallest absolute Gasteiger partial charge is 0.308 e. The Kier molecular flexibility index (Phi) is 1.18. The van der Waals surface area contributed by atoms with Crippen molar-refractivity contribution in [3.05, 3.63) is 0 Å². The second-order valence-corrected chi connectivity index (χ2v) is 4.61. The molecule has 0 aromatic carbocycles. The van der Waals surface area contributed by atoms with Crippen molar-refractivity contribution in [1.82, 2.24) is 0 Å². The summed E-state index contributed by atoms with van der Waals surface area (Å²) < 4.78 is 4.82. The summed E-state index contributed by atoms with van der Waals surface area (Å²) in [5.41, 5.74) is 0. The van der Waals surface area contributed by atoms with Crippen LogP contribution >= 0.6 is 0 Å². The van der Waals surface area contributed by atoms with Crippen molar-refractivity contribution in [1.29, 1.82) is 0 Å². The highest BCUT2D eigenvalue weighted by molar-refractivity contribution is 5.73. The number of carbonyl (C=O) groups excluding carboxylic acids is 1. The summed E-state index contributed by atoms with van der Waals surface area (Å²) in [6.07, 6.45) is 3.93. The lowest BCUT2D eigenvalue weighted by Gasteiger charge is -2.28. The minimum Gasteiger partial charge on any atom is -0.469 e. The van der Waals surface area contributed by atoms with E-state index in [0.717, 1.165) is 30.1 Å². The molecule has 2 heteroatoms. The molecule has 3 unspecified atom stereocenters. The van der Waals surface area contributed by atoms with Crippen molar-refractivity contribution in [3.63, 3.8) is 0 Å². The van der Waals surface area contributed by atoms with Crippen LogP contribution in [0, 0.1) is 29.6 Å². The van der Waals surface area contributed by atoms with Gasteiger partial charge in [0.25, 0.3) is 0 Å². The fourth-order valence-corrected chi connectivity index (χ4v) is 3.71. The summed E-state index contributed by atoms with van der Waals surface area (Å²) in [7, 11) is 1.51. The number of hydrogen-bond donors (Lipinski definition) is 0. The zero-order chi connectivity index (χ0) is 8.29. The molecule has 4 aliphatic carbocycles. The Balaban J connectivity index is 1.79. The molecule has 4 bridgehead atoms. The van der Waals surface area contributed by atoms with Crippen molar-refractivity contribution >= 4 is 5.97 Å². The molecule has 0 radical (unpaired) electrons. The number of esters is 1. The van der Waals surface area contributed by atoms with Crippen LogP contribution in [0.4, 0.5) is 0 Å². The van der Waals surface area contributed by atoms with E-state index in [2.05, 4.69) is 0 Å². The molecule has 2 nitrogen and oxygen atoms in total. The van der Waals surface area contributed by atoms with E-state index in [1.807, 2.05) is 0 Å². The fourth-order valence-electron chi connectivity index (χ4n) is 3.71. The van der Waals surface area contributed by atoms with Gasteiger partial charge in [0, 0.05) is 0 Å². The Morgan fingerprint density at radius 2 is 1.92 bits per heavy atom. The lowest BCUT2D eigenvalue weighted by atomic mass is 9.77. The molecule has 0 aromatic rings. The van der Waals surface area contributed by atoms with Crippen LogP contribution in [-0.4, -0.2) is 13.1 Å². The van der Waals surface area contributed by atoms with E-state index in [4.69, 9.17) is 4.74 Å². The second-order valence-electron chi connectivity index (χ2n) is 4.61. The molecule has 0 saturated heterocycles. The van der Waals surface area contributed by atoms with Crippen LogP contribution in [0.15, 0.2) is 0 Å². The predicted molar refractivity (Wildman–Crippen MR) is 43.3 cm³/mol. The van der Waals surface area contributed by atoms with E-state index in [-0.39, 0.29) is 11.9 Å². The third kappa shape index (κ3) is 0.686. The molecule has 3 atom stereocenters. The van der Waals surface area contributed by atoms with Crippen molar-refractivity contribution in [2.75, 3.05) is 7.11 Å². The summed E-state index contributed by atoms with van der Waals surface area (Å²) in [5.74, 6) is 3.73. The molecule has 0 heterocycles. The monoisotopic (exact) mass is 166 g/mol. The molecule has 0 aromatic heterocycles. The Hall–Kier alpha value is -0.530. The Bertz CT molecular complexity index is 224. The fraction of sp³-hybridized carbons (Fsp3) is 0.900. The van der Waals surface area contributed by atoms with Gasteiger partial charge in [-0.1, -0.05) is 0 Å². The number of rotatable bonds is 1. The number of carbonyl (C=O) groups is 1. The van der Waals surface area contributed by atoms with Crippen LogP contribution in [-0.2, 0) is 9.53 Å². The van der Waals surface area contributed by atoms with E-state index in [0.29, 0.717) is 0 Å². The van der Waals surface area contributed by atoms with Gasteiger partial charge in [-0.3, -0.25) is 4.79 Å². The van der Waals surface area contributed by atoms with Gasteiger partial charge in [0.05, 0.1) is 13.0 Å². The van der Waals surface area contributed by atoms with Crippen LogP contribution in [0.3, 0.4) is 0 Å². The largest absolute Gasteiger partial charge is 0.469 e. The molecule has 4 saturated carbocycles. The highest BCUT2D eigenvalue weighted by atomic mass is 16.5. The maximum absolute atomic E-state index is 11.3. The first-order valence-electron chi connectivity index (χ1n) is 4.89. The number of fused-ring (bicyclic) bond motifs is 1. The van der Waals surface area contributed by atoms with Gasteiger partial charge in [0.2, 0.25) is 0 Å². The standard InChI is InChI=1S/C10H14O2/c1-12-10(11)8-4-5-2-6-7(3-5)9(6)8/h5-9H,2-4H2,1H3. The maximum Gasteiger partial charge on any atom is 0.308 e. The SMILES string of the molecule is COC(=O)C1CC2CC3C(C2)C13. The van der Waals surface area contributed by atoms with E-state index in [9.17, 15) is 4.79 Å². The van der Waals surface area contributed by atoms with Gasteiger partial charge in [-0.15, -0.1) is 0 Å². The van der Waals surface area contributed by atoms with E-state index in [1.54, 1.807) is 0 Å². The van der Waals surface area contributed by atoms with Crippen molar-refractivity contribution in [3.8, 4) is 0 Å². The summed E-state index contributed by atoms with van der Waals surface area (Å²) in [5, 5.41) is 0. The normalized spacial score (nSPS) is 53.6. The first-order chi connectivity index (χ1) is 5.81. The molecular weight excluding hydrogens is 152 g/mol. The zero-order valence-corrected chi connectivity index (χ0v) is 7.32. The van der Waals surface area contributed by atoms with Crippen LogP contribution in [0.2, 0.25) is 0 Å². The van der Waals surface area contributed by atoms with Gasteiger partial charge in [-0.05, 0) is 42.9 Å².